The number of carbonyl (C=O) groups is 2. The van der Waals surface area contributed by atoms with Gasteiger partial charge < -0.3 is 15.3 Å². The minimum Gasteiger partial charge on any atom is -0.395 e. The predicted octanol–water partition coefficient (Wildman–Crippen LogP) is -0.347. The van der Waals surface area contributed by atoms with E-state index in [2.05, 4.69) is 10.2 Å². The molecule has 0 aromatic heterocycles. The lowest BCUT2D eigenvalue weighted by molar-refractivity contribution is -0.140. The first-order valence-corrected chi connectivity index (χ1v) is 9.44. The molecule has 0 radical (unpaired) electrons. The largest absolute Gasteiger partial charge is 0.395 e. The Hall–Kier alpha value is -2.03. The highest BCUT2D eigenvalue weighted by atomic mass is 19.1. The summed E-state index contributed by atoms with van der Waals surface area (Å²) in [5.74, 6) is -0.489. The molecule has 1 unspecified atom stereocenters. The van der Waals surface area contributed by atoms with Crippen molar-refractivity contribution in [2.45, 2.75) is 19.0 Å². The summed E-state index contributed by atoms with van der Waals surface area (Å²) in [6.45, 7) is 5.01. The first kappa shape index (κ1) is 19.7. The number of halogens is 1. The quantitative estimate of drug-likeness (QED) is 0.708. The number of rotatable bonds is 6. The number of piperazine rings is 2. The summed E-state index contributed by atoms with van der Waals surface area (Å²) in [6.07, 6.45) is 0.126. The molecule has 27 heavy (non-hydrogen) atoms. The summed E-state index contributed by atoms with van der Waals surface area (Å²) in [7, 11) is 0. The number of benzene rings is 1. The maximum absolute atomic E-state index is 13.5. The van der Waals surface area contributed by atoms with E-state index in [-0.39, 0.29) is 30.7 Å². The predicted molar refractivity (Wildman–Crippen MR) is 98.3 cm³/mol. The van der Waals surface area contributed by atoms with Gasteiger partial charge >= 0.3 is 0 Å². The smallest absolute Gasteiger partial charge is 0.237 e. The first-order valence-electron chi connectivity index (χ1n) is 9.44. The van der Waals surface area contributed by atoms with Crippen molar-refractivity contribution in [1.29, 1.82) is 0 Å². The Kier molecular flexibility index (Phi) is 6.76. The van der Waals surface area contributed by atoms with E-state index in [4.69, 9.17) is 5.11 Å². The van der Waals surface area contributed by atoms with Crippen LogP contribution in [-0.4, -0.2) is 90.1 Å². The summed E-state index contributed by atoms with van der Waals surface area (Å²) in [5, 5.41) is 11.8. The van der Waals surface area contributed by atoms with E-state index in [9.17, 15) is 14.0 Å². The number of nitrogens with one attached hydrogen (secondary N) is 1. The van der Waals surface area contributed by atoms with E-state index in [0.717, 1.165) is 18.7 Å². The summed E-state index contributed by atoms with van der Waals surface area (Å²) in [6, 6.07) is 5.80. The lowest BCUT2D eigenvalue weighted by atomic mass is 10.1. The van der Waals surface area contributed by atoms with Crippen LogP contribution in [0.15, 0.2) is 24.3 Å². The van der Waals surface area contributed by atoms with Crippen LogP contribution in [0.1, 0.15) is 12.0 Å². The molecule has 2 aliphatic rings. The Morgan fingerprint density at radius 2 is 2.00 bits per heavy atom. The van der Waals surface area contributed by atoms with Gasteiger partial charge in [0.2, 0.25) is 11.8 Å². The summed E-state index contributed by atoms with van der Waals surface area (Å²) >= 11 is 0. The molecule has 1 aromatic rings. The second-order valence-corrected chi connectivity index (χ2v) is 7.06. The highest BCUT2D eigenvalue weighted by Gasteiger charge is 2.33. The molecule has 2 fully saturated rings. The average molecular weight is 378 g/mol. The number of hydrogen-bond donors (Lipinski definition) is 2. The fraction of sp³-hybridized carbons (Fsp3) is 0.579. The fourth-order valence-corrected chi connectivity index (χ4v) is 3.70. The van der Waals surface area contributed by atoms with E-state index < -0.39 is 6.04 Å². The van der Waals surface area contributed by atoms with E-state index in [0.29, 0.717) is 39.3 Å². The zero-order valence-electron chi connectivity index (χ0n) is 15.4. The number of aliphatic hydroxyl groups excluding tert-OH is 1. The van der Waals surface area contributed by atoms with Gasteiger partial charge in [0, 0.05) is 52.4 Å². The average Bonchev–Trinajstić information content (AvgIpc) is 2.65. The zero-order valence-corrected chi connectivity index (χ0v) is 15.4. The normalized spacial score (nSPS) is 21.9. The first-order chi connectivity index (χ1) is 13.1. The third kappa shape index (κ3) is 5.24. The van der Waals surface area contributed by atoms with Gasteiger partial charge in [0.15, 0.2) is 0 Å². The van der Waals surface area contributed by atoms with Crippen molar-refractivity contribution in [3.8, 4) is 0 Å². The Labute approximate surface area is 158 Å². The molecule has 0 spiro atoms. The molecule has 0 bridgehead atoms. The lowest BCUT2D eigenvalue weighted by Gasteiger charge is -2.38. The number of nitrogens with zero attached hydrogens (tertiary/aromatic N) is 3. The summed E-state index contributed by atoms with van der Waals surface area (Å²) in [5.41, 5.74) is 0.791. The van der Waals surface area contributed by atoms with Crippen LogP contribution >= 0.6 is 0 Å². The second kappa shape index (κ2) is 9.25. The molecule has 8 heteroatoms. The van der Waals surface area contributed by atoms with E-state index in [1.165, 1.54) is 12.1 Å². The molecule has 0 saturated carbocycles. The number of hydrogen-bond acceptors (Lipinski definition) is 5. The number of β-amino-alcohol motifs (C(OH)–C–C–N with tert-alkyl or cyclic N) is 1. The molecule has 2 saturated heterocycles. The molecule has 2 amide bonds. The SMILES string of the molecule is O=C1NCCN(Cc2cccc(F)c2)C1CC(=O)N1CCN(CCO)CC1. The highest BCUT2D eigenvalue weighted by Crippen LogP contribution is 2.16. The van der Waals surface area contributed by atoms with Crippen molar-refractivity contribution in [1.82, 2.24) is 20.0 Å². The molecule has 1 aromatic carbocycles. The molecule has 3 rings (SSSR count). The summed E-state index contributed by atoms with van der Waals surface area (Å²) < 4.78 is 13.5. The second-order valence-electron chi connectivity index (χ2n) is 7.06. The van der Waals surface area contributed by atoms with Crippen LogP contribution in [0.25, 0.3) is 0 Å². The van der Waals surface area contributed by atoms with Gasteiger partial charge in [-0.15, -0.1) is 0 Å². The molecule has 0 aliphatic carbocycles. The van der Waals surface area contributed by atoms with Crippen molar-refractivity contribution in [3.63, 3.8) is 0 Å². The lowest BCUT2D eigenvalue weighted by Crippen LogP contribution is -2.57. The van der Waals surface area contributed by atoms with Gasteiger partial charge in [-0.1, -0.05) is 12.1 Å². The minimum atomic E-state index is -0.537. The van der Waals surface area contributed by atoms with Crippen LogP contribution < -0.4 is 5.32 Å². The summed E-state index contributed by atoms with van der Waals surface area (Å²) in [4.78, 5) is 31.0. The van der Waals surface area contributed by atoms with Crippen molar-refractivity contribution in [3.05, 3.63) is 35.6 Å². The Balaban J connectivity index is 1.60. The van der Waals surface area contributed by atoms with Gasteiger partial charge in [-0.2, -0.15) is 0 Å². The van der Waals surface area contributed by atoms with Crippen LogP contribution in [0.5, 0.6) is 0 Å². The van der Waals surface area contributed by atoms with Gasteiger partial charge in [-0.25, -0.2) is 4.39 Å². The molecule has 2 N–H and O–H groups in total. The maximum Gasteiger partial charge on any atom is 0.237 e. The third-order valence-corrected chi connectivity index (χ3v) is 5.23. The third-order valence-electron chi connectivity index (χ3n) is 5.23. The Morgan fingerprint density at radius 1 is 1.22 bits per heavy atom. The van der Waals surface area contributed by atoms with E-state index in [1.54, 1.807) is 11.0 Å². The van der Waals surface area contributed by atoms with Crippen molar-refractivity contribution in [2.75, 3.05) is 52.4 Å². The van der Waals surface area contributed by atoms with Crippen LogP contribution in [0.4, 0.5) is 4.39 Å². The van der Waals surface area contributed by atoms with Gasteiger partial charge in [0.1, 0.15) is 5.82 Å². The Morgan fingerprint density at radius 3 is 2.70 bits per heavy atom. The van der Waals surface area contributed by atoms with Crippen LogP contribution in [0, 0.1) is 5.82 Å². The monoisotopic (exact) mass is 378 g/mol. The molecular formula is C19H27FN4O3. The standard InChI is InChI=1S/C19H27FN4O3/c20-16-3-1-2-15(12-16)14-24-5-4-21-19(27)17(24)13-18(26)23-8-6-22(7-9-23)10-11-25/h1-3,12,17,25H,4-11,13-14H2,(H,21,27). The van der Waals surface area contributed by atoms with Crippen molar-refractivity contribution in [2.24, 2.45) is 0 Å². The van der Waals surface area contributed by atoms with E-state index >= 15 is 0 Å². The molecular weight excluding hydrogens is 351 g/mol. The minimum absolute atomic E-state index is 0.0371. The van der Waals surface area contributed by atoms with Crippen LogP contribution in [0.3, 0.4) is 0 Å². The molecule has 2 aliphatic heterocycles. The fourth-order valence-electron chi connectivity index (χ4n) is 3.70. The highest BCUT2D eigenvalue weighted by molar-refractivity contribution is 5.88. The topological polar surface area (TPSA) is 76.1 Å². The van der Waals surface area contributed by atoms with Crippen molar-refractivity contribution < 1.29 is 19.1 Å². The van der Waals surface area contributed by atoms with Gasteiger partial charge in [-0.05, 0) is 17.7 Å². The van der Waals surface area contributed by atoms with Gasteiger partial charge in [0.25, 0.3) is 0 Å². The number of amides is 2. The molecule has 2 heterocycles. The van der Waals surface area contributed by atoms with Crippen molar-refractivity contribution >= 4 is 11.8 Å². The molecule has 7 nitrogen and oxygen atoms in total. The number of carbonyl (C=O) groups excluding carboxylic acids is 2. The van der Waals surface area contributed by atoms with Crippen LogP contribution in [0.2, 0.25) is 0 Å². The molecule has 148 valence electrons. The van der Waals surface area contributed by atoms with E-state index in [1.807, 2.05) is 11.0 Å². The number of aliphatic hydroxyl groups is 1. The maximum atomic E-state index is 13.5. The van der Waals surface area contributed by atoms with Gasteiger partial charge in [0.05, 0.1) is 19.1 Å². The zero-order chi connectivity index (χ0) is 19.2. The van der Waals surface area contributed by atoms with Gasteiger partial charge in [-0.3, -0.25) is 19.4 Å². The van der Waals surface area contributed by atoms with Crippen LogP contribution in [-0.2, 0) is 16.1 Å². The molecule has 1 atom stereocenters. The Bertz CT molecular complexity index is 664.